The zero-order chi connectivity index (χ0) is 59.6. The fraction of sp³-hybridized carbons (Fsp3) is 0.451. The van der Waals surface area contributed by atoms with E-state index in [1.165, 1.54) is 16.9 Å². The van der Waals surface area contributed by atoms with E-state index in [2.05, 4.69) is 47.9 Å². The number of amides is 1. The van der Waals surface area contributed by atoms with Gasteiger partial charge in [0.1, 0.15) is 31.7 Å². The Morgan fingerprint density at radius 2 is 1.76 bits per heavy atom. The highest BCUT2D eigenvalue weighted by atomic mass is 35.5. The number of carbonyl (C=O) groups is 3. The number of aryl methyl sites for hydroxylation is 3. The molecule has 19 nitrogen and oxygen atoms in total. The minimum atomic E-state index is -4.71. The van der Waals surface area contributed by atoms with Gasteiger partial charge in [-0.3, -0.25) is 24.3 Å². The molecule has 5 aromatic rings. The third kappa shape index (κ3) is 21.0. The van der Waals surface area contributed by atoms with E-state index in [-0.39, 0.29) is 47.2 Å². The average Bonchev–Trinajstić information content (AvgIpc) is 4.10. The van der Waals surface area contributed by atoms with Gasteiger partial charge in [0.05, 0.1) is 87.9 Å². The number of benzene rings is 3. The molecule has 1 saturated carbocycles. The van der Waals surface area contributed by atoms with Gasteiger partial charge in [-0.25, -0.2) is 13.2 Å². The van der Waals surface area contributed by atoms with E-state index in [1.54, 1.807) is 22.6 Å². The number of para-hydroxylation sites is 1. The van der Waals surface area contributed by atoms with Gasteiger partial charge in [0, 0.05) is 43.9 Å². The first-order valence-electron chi connectivity index (χ1n) is 24.0. The number of aliphatic carboxylic acids is 1. The average molecular weight is 1230 g/mol. The maximum Gasteiger partial charge on any atom is 0.416 e. The Balaban J connectivity index is 0.000000280. The Labute approximate surface area is 474 Å². The number of rotatable bonds is 17. The summed E-state index contributed by atoms with van der Waals surface area (Å²) in [5.74, 6) is 1.90. The molecule has 79 heavy (non-hydrogen) atoms. The highest BCUT2D eigenvalue weighted by Crippen LogP contribution is 2.43. The number of nitrogens with one attached hydrogen (secondary N) is 1. The minimum absolute atomic E-state index is 0.0223. The summed E-state index contributed by atoms with van der Waals surface area (Å²) in [6, 6.07) is 11.2. The van der Waals surface area contributed by atoms with Crippen LogP contribution in [0.2, 0.25) is 10.0 Å². The van der Waals surface area contributed by atoms with Crippen LogP contribution in [0, 0.1) is 19.3 Å². The molecule has 1 amide bonds. The van der Waals surface area contributed by atoms with Crippen molar-refractivity contribution in [3.8, 4) is 23.8 Å². The number of carboxylic acids is 1. The lowest BCUT2D eigenvalue weighted by molar-refractivity contribution is -0.193. The molecule has 0 saturated heterocycles. The van der Waals surface area contributed by atoms with Crippen LogP contribution in [-0.4, -0.2) is 126 Å². The van der Waals surface area contributed by atoms with Crippen molar-refractivity contribution in [2.24, 2.45) is 0 Å². The van der Waals surface area contributed by atoms with Gasteiger partial charge >= 0.3 is 17.8 Å². The number of ether oxygens (including phenoxy) is 2. The number of hydrogen-bond donors (Lipinski definition) is 3. The molecule has 2 aromatic heterocycles. The number of halogens is 6. The second-order valence-electron chi connectivity index (χ2n) is 18.1. The van der Waals surface area contributed by atoms with Crippen LogP contribution in [0.15, 0.2) is 68.9 Å². The van der Waals surface area contributed by atoms with E-state index in [1.807, 2.05) is 31.3 Å². The lowest BCUT2D eigenvalue weighted by Crippen LogP contribution is -2.43. The Hall–Kier alpha value is -5.19. The molecule has 28 heteroatoms. The Kier molecular flexibility index (Phi) is 26.8. The molecule has 0 bridgehead atoms. The molecule has 3 heterocycles. The topological polar surface area (TPSA) is 266 Å². The Morgan fingerprint density at radius 1 is 1.10 bits per heavy atom. The van der Waals surface area contributed by atoms with E-state index in [0.717, 1.165) is 73.5 Å². The Morgan fingerprint density at radius 3 is 2.29 bits per heavy atom. The van der Waals surface area contributed by atoms with Gasteiger partial charge in [0.15, 0.2) is 21.4 Å². The fourth-order valence-electron chi connectivity index (χ4n) is 7.49. The predicted molar refractivity (Wildman–Crippen MR) is 297 cm³/mol. The summed E-state index contributed by atoms with van der Waals surface area (Å²) in [5.41, 5.74) is 2.07. The fourth-order valence-corrected chi connectivity index (χ4v) is 9.43. The molecule has 1 aliphatic heterocycles. The summed E-state index contributed by atoms with van der Waals surface area (Å²) >= 11 is 18.0. The molecule has 2 aliphatic rings. The predicted octanol–water partition coefficient (Wildman–Crippen LogP) is 7.72. The molecule has 0 spiro atoms. The van der Waals surface area contributed by atoms with E-state index < -0.39 is 58.7 Å². The first-order chi connectivity index (χ1) is 36.9. The number of anilines is 1. The largest absolute Gasteiger partial charge is 0.778 e. The normalized spacial score (nSPS) is 13.9. The number of aromatic nitrogens is 4. The maximum absolute atomic E-state index is 12.8. The van der Waals surface area contributed by atoms with Crippen LogP contribution in [0.25, 0.3) is 5.69 Å². The van der Waals surface area contributed by atoms with Gasteiger partial charge in [0.2, 0.25) is 5.91 Å². The third-order valence-corrected chi connectivity index (χ3v) is 13.6. The van der Waals surface area contributed by atoms with Gasteiger partial charge in [-0.2, -0.15) is 17.9 Å². The highest BCUT2D eigenvalue weighted by Gasteiger charge is 2.36. The minimum Gasteiger partial charge on any atom is -0.778 e. The smallest absolute Gasteiger partial charge is 0.416 e. The monoisotopic (exact) mass is 1220 g/mol. The summed E-state index contributed by atoms with van der Waals surface area (Å²) in [6.45, 7) is 6.84. The van der Waals surface area contributed by atoms with E-state index >= 15 is 0 Å². The molecule has 7 rings (SSSR count). The quantitative estimate of drug-likeness (QED) is 0.0264. The van der Waals surface area contributed by atoms with Crippen molar-refractivity contribution >= 4 is 86.5 Å². The number of nitrogens with zero attached hydrogens (tertiary/aromatic N) is 5. The Bertz CT molecular complexity index is 3160. The summed E-state index contributed by atoms with van der Waals surface area (Å²) < 4.78 is 90.8. The number of fused-ring (bicyclic) bond motifs is 1. The number of carbonyl (C=O) groups excluding carboxylic acids is 2. The number of carboxylic acid groups (broad SMARTS) is 1. The van der Waals surface area contributed by atoms with E-state index in [0.29, 0.717) is 63.4 Å². The summed E-state index contributed by atoms with van der Waals surface area (Å²) in [6.07, 6.45) is 13.6. The van der Waals surface area contributed by atoms with Crippen molar-refractivity contribution < 1.29 is 69.4 Å². The molecule has 1 aliphatic carbocycles. The number of sulfone groups is 1. The second-order valence-corrected chi connectivity index (χ2v) is 25.2. The number of alkyl halides is 4. The van der Waals surface area contributed by atoms with Crippen molar-refractivity contribution in [3.05, 3.63) is 115 Å². The maximum atomic E-state index is 12.8. The van der Waals surface area contributed by atoms with Crippen LogP contribution in [0.5, 0.6) is 5.75 Å². The molecule has 3 aromatic carbocycles. The first-order valence-corrected chi connectivity index (χ1v) is 31.4. The van der Waals surface area contributed by atoms with Gasteiger partial charge in [0.25, 0.3) is 0 Å². The summed E-state index contributed by atoms with van der Waals surface area (Å²) in [5, 5.41) is 18.6. The van der Waals surface area contributed by atoms with Crippen LogP contribution >= 0.6 is 42.4 Å². The van der Waals surface area contributed by atoms with Crippen LogP contribution in [0.4, 0.5) is 18.9 Å². The molecular weight excluding hydrogens is 1160 g/mol. The zero-order valence-corrected chi connectivity index (χ0v) is 49.4. The lowest BCUT2D eigenvalue weighted by Gasteiger charge is -2.31. The van der Waals surface area contributed by atoms with Crippen LogP contribution in [-0.2, 0) is 65.2 Å². The molecule has 434 valence electrons. The first kappa shape index (κ1) is 68.1. The lowest BCUT2D eigenvalue weighted by atomic mass is 10.0. The second kappa shape index (κ2) is 31.1. The van der Waals surface area contributed by atoms with Crippen molar-refractivity contribution in [1.29, 1.82) is 0 Å². The van der Waals surface area contributed by atoms with E-state index in [9.17, 15) is 50.2 Å². The molecule has 3 N–H and O–H groups in total. The van der Waals surface area contributed by atoms with Gasteiger partial charge in [-0.15, -0.1) is 23.1 Å². The van der Waals surface area contributed by atoms with Gasteiger partial charge in [-0.1, -0.05) is 59.4 Å². The van der Waals surface area contributed by atoms with E-state index in [4.69, 9.17) is 65.2 Å². The SMILES string of the molecule is C#CCOc1cc(-n2nc3n(c2=O)CCCC3)c(Cl)cc1Cl.CCc1cccc(C)c1N(C(=O)CCl)C(C)COC.CS(=O)(=O)c1cc(C(F)(F)F)ccc1C(=O)c1cnoc1C1CC1.C[S+](C)C.O=C(O)CNCP(=O)([O-])O. The van der Waals surface area contributed by atoms with Crippen LogP contribution in [0.1, 0.15) is 89.6 Å². The molecular formula is C51H63Cl3F3N6O13PS2. The molecule has 1 fully saturated rings. The number of ketones is 1. The van der Waals surface area contributed by atoms with Crippen molar-refractivity contribution in [2.45, 2.75) is 88.9 Å². The van der Waals surface area contributed by atoms with Gasteiger partial charge < -0.3 is 38.4 Å². The molecule has 0 radical (unpaired) electrons. The van der Waals surface area contributed by atoms with Crippen molar-refractivity contribution in [2.75, 3.05) is 69.0 Å². The summed E-state index contributed by atoms with van der Waals surface area (Å²) in [4.78, 5) is 66.2. The van der Waals surface area contributed by atoms with Crippen LogP contribution < -0.4 is 25.5 Å². The highest BCUT2D eigenvalue weighted by molar-refractivity contribution is 7.94. The van der Waals surface area contributed by atoms with Crippen molar-refractivity contribution in [1.82, 2.24) is 24.8 Å². The molecule has 2 atom stereocenters. The van der Waals surface area contributed by atoms with Gasteiger partial charge in [-0.05, 0) is 92.2 Å². The summed E-state index contributed by atoms with van der Waals surface area (Å²) in [7, 11) is -6.11. The number of methoxy groups -OCH3 is 1. The number of terminal acetylenes is 1. The molecule has 2 unspecified atom stereocenters. The van der Waals surface area contributed by atoms with Crippen LogP contribution in [0.3, 0.4) is 0 Å². The third-order valence-electron chi connectivity index (χ3n) is 11.0. The number of hydrogen-bond acceptors (Lipinski definition) is 14. The zero-order valence-electron chi connectivity index (χ0n) is 44.6. The van der Waals surface area contributed by atoms with Crippen molar-refractivity contribution in [3.63, 3.8) is 0 Å². The standard InChI is InChI=1S/C15H13Cl2N3O2.C15H22ClNO2.C15H12F3NO4S.C3H8NO5P.C3H9S/c1-2-7-22-13-9-12(10(16)8-11(13)17)20-15(21)19-6-4-3-5-14(19)18-20;1-5-13-8-6-7-11(2)15(13)17(14(18)9-16)12(3)10-19-4;1-24(21,22)12-6-9(15(16,17)18)4-5-10(12)13(20)11-7-19-23-14(11)8-2-3-8;5-3(6)1-4-2-10(7,8)9;1-4(2)3/h1,8-9H,3-7H2;6-8,12H,5,9-10H2,1-4H3;4-8H,2-3H2,1H3;4H,1-2H2,(H,5,6)(H2,7,8,9);1-3H3/q;;;;+1/p-1.